The van der Waals surface area contributed by atoms with Crippen molar-refractivity contribution >= 4 is 34.1 Å². The van der Waals surface area contributed by atoms with Crippen LogP contribution in [0.1, 0.15) is 0 Å². The average Bonchev–Trinajstić information content (AvgIpc) is 2.61. The van der Waals surface area contributed by atoms with Crippen LogP contribution in [-0.4, -0.2) is 0 Å². The maximum Gasteiger partial charge on any atom is 0.0879 e. The van der Waals surface area contributed by atoms with E-state index in [0.717, 1.165) is 11.4 Å². The van der Waals surface area contributed by atoms with Gasteiger partial charge >= 0.3 is 0 Å². The maximum atomic E-state index is 5.64. The third-order valence-electron chi connectivity index (χ3n) is 3.18. The Balaban J connectivity index is 1.74. The first-order valence-corrected chi connectivity index (χ1v) is 7.34. The minimum atomic E-state index is 0.694. The lowest BCUT2D eigenvalue weighted by Gasteiger charge is -1.97. The van der Waals surface area contributed by atoms with Crippen molar-refractivity contribution in [2.24, 2.45) is 20.5 Å². The highest BCUT2D eigenvalue weighted by Gasteiger charge is 1.95. The molecule has 6 heteroatoms. The molecular weight excluding hydrogens is 300 g/mol. The van der Waals surface area contributed by atoms with Gasteiger partial charge in [-0.3, -0.25) is 0 Å². The Morgan fingerprint density at radius 3 is 1.25 bits per heavy atom. The first kappa shape index (κ1) is 15.4. The van der Waals surface area contributed by atoms with Crippen LogP contribution in [-0.2, 0) is 0 Å². The van der Waals surface area contributed by atoms with E-state index in [1.54, 1.807) is 24.3 Å². The van der Waals surface area contributed by atoms with Crippen LogP contribution in [0, 0.1) is 0 Å². The Bertz CT molecular complexity index is 796. The highest BCUT2D eigenvalue weighted by Crippen LogP contribution is 2.25. The minimum Gasteiger partial charge on any atom is -0.399 e. The number of hydrogen-bond acceptors (Lipinski definition) is 6. The van der Waals surface area contributed by atoms with E-state index in [2.05, 4.69) is 20.5 Å². The van der Waals surface area contributed by atoms with Gasteiger partial charge in [-0.2, -0.15) is 20.5 Å². The zero-order valence-corrected chi connectivity index (χ0v) is 12.9. The molecule has 0 atom stereocenters. The third-order valence-corrected chi connectivity index (χ3v) is 3.18. The van der Waals surface area contributed by atoms with Crippen molar-refractivity contribution in [1.29, 1.82) is 0 Å². The summed E-state index contributed by atoms with van der Waals surface area (Å²) in [7, 11) is 0. The van der Waals surface area contributed by atoms with E-state index in [-0.39, 0.29) is 0 Å². The molecule has 3 rings (SSSR count). The SMILES string of the molecule is Nc1ccc(/N=N/c2cccc(/N=N/c3ccc(N)cc3)c2)cc1. The van der Waals surface area contributed by atoms with E-state index < -0.39 is 0 Å². The van der Waals surface area contributed by atoms with Crippen LogP contribution in [0.25, 0.3) is 0 Å². The Morgan fingerprint density at radius 1 is 0.458 bits per heavy atom. The molecule has 0 radical (unpaired) electrons. The first-order valence-electron chi connectivity index (χ1n) is 7.34. The largest absolute Gasteiger partial charge is 0.399 e. The molecule has 0 aromatic heterocycles. The van der Waals surface area contributed by atoms with Crippen molar-refractivity contribution in [2.45, 2.75) is 0 Å². The van der Waals surface area contributed by atoms with Crippen LogP contribution in [0.4, 0.5) is 34.1 Å². The highest BCUT2D eigenvalue weighted by atomic mass is 15.1. The molecule has 3 aromatic rings. The van der Waals surface area contributed by atoms with Crippen LogP contribution in [0.5, 0.6) is 0 Å². The molecular formula is C18H16N6. The Morgan fingerprint density at radius 2 is 0.833 bits per heavy atom. The zero-order chi connectivity index (χ0) is 16.8. The molecule has 0 spiro atoms. The molecule has 24 heavy (non-hydrogen) atoms. The van der Waals surface area contributed by atoms with Crippen LogP contribution in [0.3, 0.4) is 0 Å². The second-order valence-corrected chi connectivity index (χ2v) is 5.10. The third kappa shape index (κ3) is 4.23. The van der Waals surface area contributed by atoms with E-state index >= 15 is 0 Å². The summed E-state index contributed by atoms with van der Waals surface area (Å²) in [6.07, 6.45) is 0. The molecule has 0 aliphatic rings. The average molecular weight is 316 g/mol. The van der Waals surface area contributed by atoms with Crippen molar-refractivity contribution in [2.75, 3.05) is 11.5 Å². The van der Waals surface area contributed by atoms with E-state index in [9.17, 15) is 0 Å². The summed E-state index contributed by atoms with van der Waals surface area (Å²) in [5.41, 5.74) is 15.5. The van der Waals surface area contributed by atoms with Crippen molar-refractivity contribution in [3.8, 4) is 0 Å². The topological polar surface area (TPSA) is 101 Å². The summed E-state index contributed by atoms with van der Waals surface area (Å²) in [5, 5.41) is 16.7. The second-order valence-electron chi connectivity index (χ2n) is 5.10. The van der Waals surface area contributed by atoms with Gasteiger partial charge in [-0.15, -0.1) is 0 Å². The number of rotatable bonds is 4. The molecule has 118 valence electrons. The quantitative estimate of drug-likeness (QED) is 0.477. The standard InChI is InChI=1S/C18H16N6/c19-13-4-8-15(9-5-13)21-23-17-2-1-3-18(12-17)24-22-16-10-6-14(20)7-11-16/h1-12H,19-20H2/b23-21+,24-22+. The van der Waals surface area contributed by atoms with Crippen LogP contribution >= 0.6 is 0 Å². The lowest BCUT2D eigenvalue weighted by atomic mass is 10.3. The lowest BCUT2D eigenvalue weighted by molar-refractivity contribution is 1.20. The van der Waals surface area contributed by atoms with Gasteiger partial charge in [0.15, 0.2) is 0 Å². The molecule has 0 bridgehead atoms. The number of nitrogens with zero attached hydrogens (tertiary/aromatic N) is 4. The van der Waals surface area contributed by atoms with Gasteiger partial charge in [-0.1, -0.05) is 6.07 Å². The molecule has 0 aliphatic heterocycles. The summed E-state index contributed by atoms with van der Waals surface area (Å²) < 4.78 is 0. The molecule has 0 heterocycles. The second kappa shape index (κ2) is 7.15. The van der Waals surface area contributed by atoms with Crippen molar-refractivity contribution in [3.63, 3.8) is 0 Å². The summed E-state index contributed by atoms with van der Waals surface area (Å²) in [4.78, 5) is 0. The lowest BCUT2D eigenvalue weighted by Crippen LogP contribution is -1.80. The fourth-order valence-corrected chi connectivity index (χ4v) is 1.93. The highest BCUT2D eigenvalue weighted by molar-refractivity contribution is 5.52. The van der Waals surface area contributed by atoms with Gasteiger partial charge in [0.1, 0.15) is 0 Å². The first-order chi connectivity index (χ1) is 11.7. The van der Waals surface area contributed by atoms with Gasteiger partial charge in [0, 0.05) is 11.4 Å². The van der Waals surface area contributed by atoms with Crippen LogP contribution in [0.15, 0.2) is 93.3 Å². The van der Waals surface area contributed by atoms with Gasteiger partial charge in [-0.25, -0.2) is 0 Å². The van der Waals surface area contributed by atoms with Gasteiger partial charge in [-0.05, 0) is 66.7 Å². The molecule has 0 aliphatic carbocycles. The molecule has 0 amide bonds. The fraction of sp³-hybridized carbons (Fsp3) is 0. The summed E-state index contributed by atoms with van der Waals surface area (Å²) >= 11 is 0. The van der Waals surface area contributed by atoms with E-state index in [1.165, 1.54) is 0 Å². The van der Waals surface area contributed by atoms with Crippen LogP contribution < -0.4 is 11.5 Å². The predicted molar refractivity (Wildman–Crippen MR) is 96.5 cm³/mol. The van der Waals surface area contributed by atoms with Crippen LogP contribution in [0.2, 0.25) is 0 Å². The number of nitrogen functional groups attached to an aromatic ring is 2. The molecule has 0 saturated carbocycles. The fourth-order valence-electron chi connectivity index (χ4n) is 1.93. The maximum absolute atomic E-state index is 5.64. The smallest absolute Gasteiger partial charge is 0.0879 e. The summed E-state index contributed by atoms with van der Waals surface area (Å²) in [5.74, 6) is 0. The van der Waals surface area contributed by atoms with E-state index in [4.69, 9.17) is 11.5 Å². The van der Waals surface area contributed by atoms with Gasteiger partial charge in [0.2, 0.25) is 0 Å². The van der Waals surface area contributed by atoms with Gasteiger partial charge in [0.05, 0.1) is 22.7 Å². The number of anilines is 2. The predicted octanol–water partition coefficient (Wildman–Crippen LogP) is 5.68. The zero-order valence-electron chi connectivity index (χ0n) is 12.9. The molecule has 3 aromatic carbocycles. The minimum absolute atomic E-state index is 0.694. The van der Waals surface area contributed by atoms with Crippen molar-refractivity contribution < 1.29 is 0 Å². The van der Waals surface area contributed by atoms with Crippen molar-refractivity contribution in [3.05, 3.63) is 72.8 Å². The van der Waals surface area contributed by atoms with Gasteiger partial charge < -0.3 is 11.5 Å². The Labute approximate surface area is 139 Å². The number of nitrogens with two attached hydrogens (primary N) is 2. The van der Waals surface area contributed by atoms with Gasteiger partial charge in [0.25, 0.3) is 0 Å². The Kier molecular flexibility index (Phi) is 4.57. The number of benzene rings is 3. The molecule has 6 nitrogen and oxygen atoms in total. The number of azo groups is 2. The van der Waals surface area contributed by atoms with Crippen molar-refractivity contribution in [1.82, 2.24) is 0 Å². The van der Waals surface area contributed by atoms with E-state index in [0.29, 0.717) is 22.7 Å². The van der Waals surface area contributed by atoms with E-state index in [1.807, 2.05) is 48.5 Å². The Hall–Kier alpha value is -3.54. The number of hydrogen-bond donors (Lipinski definition) is 2. The summed E-state index contributed by atoms with van der Waals surface area (Å²) in [6, 6.07) is 21.7. The molecule has 0 unspecified atom stereocenters. The molecule has 4 N–H and O–H groups in total. The molecule has 0 saturated heterocycles. The normalized spacial score (nSPS) is 11.3. The monoisotopic (exact) mass is 316 g/mol. The molecule has 0 fully saturated rings. The summed E-state index contributed by atoms with van der Waals surface area (Å²) in [6.45, 7) is 0.